The average molecular weight is 259 g/mol. The molecule has 0 unspecified atom stereocenters. The van der Waals surface area contributed by atoms with Gasteiger partial charge in [0, 0.05) is 6.42 Å². The molecule has 1 aromatic rings. The lowest BCUT2D eigenvalue weighted by Crippen LogP contribution is -2.34. The fraction of sp³-hybridized carbons (Fsp3) is 0.467. The summed E-state index contributed by atoms with van der Waals surface area (Å²) < 4.78 is 0. The van der Waals surface area contributed by atoms with E-state index in [4.69, 9.17) is 5.11 Å². The van der Waals surface area contributed by atoms with Crippen molar-refractivity contribution in [2.75, 3.05) is 4.90 Å². The van der Waals surface area contributed by atoms with Crippen molar-refractivity contribution in [2.24, 2.45) is 5.41 Å². The molecule has 0 atom stereocenters. The smallest absolute Gasteiger partial charge is 0.240 e. The molecule has 0 radical (unpaired) electrons. The first kappa shape index (κ1) is 12.4. The first-order valence-corrected chi connectivity index (χ1v) is 6.73. The van der Waals surface area contributed by atoms with Crippen LogP contribution in [0.5, 0.6) is 0 Å². The largest absolute Gasteiger partial charge is 0.392 e. The normalized spacial score (nSPS) is 21.6. The Labute approximate surface area is 112 Å². The van der Waals surface area contributed by atoms with Gasteiger partial charge in [-0.15, -0.1) is 0 Å². The molecule has 1 heterocycles. The molecule has 100 valence electrons. The maximum absolute atomic E-state index is 12.6. The van der Waals surface area contributed by atoms with Gasteiger partial charge in [-0.25, -0.2) is 0 Å². The van der Waals surface area contributed by atoms with E-state index in [0.29, 0.717) is 12.1 Å². The van der Waals surface area contributed by atoms with Crippen molar-refractivity contribution in [2.45, 2.75) is 38.7 Å². The Morgan fingerprint density at radius 2 is 1.74 bits per heavy atom. The maximum atomic E-state index is 12.6. The van der Waals surface area contributed by atoms with Gasteiger partial charge >= 0.3 is 0 Å². The van der Waals surface area contributed by atoms with Crippen LogP contribution in [0.3, 0.4) is 0 Å². The molecule has 1 saturated heterocycles. The maximum Gasteiger partial charge on any atom is 0.240 e. The lowest BCUT2D eigenvalue weighted by atomic mass is 9.84. The molecule has 1 saturated carbocycles. The Morgan fingerprint density at radius 1 is 1.11 bits per heavy atom. The van der Waals surface area contributed by atoms with Crippen molar-refractivity contribution >= 4 is 17.5 Å². The van der Waals surface area contributed by atoms with E-state index in [1.54, 1.807) is 24.3 Å². The standard InChI is InChI=1S/C15H17NO3/c17-10-11-3-5-12(6-4-11)16-13(18)9-15(14(16)19)7-1-2-8-15/h3-6,17H,1-2,7-10H2. The second-order valence-electron chi connectivity index (χ2n) is 5.52. The van der Waals surface area contributed by atoms with Gasteiger partial charge in [0.05, 0.1) is 17.7 Å². The molecule has 1 N–H and O–H groups in total. The highest BCUT2D eigenvalue weighted by atomic mass is 16.3. The van der Waals surface area contributed by atoms with Gasteiger partial charge in [-0.05, 0) is 30.5 Å². The number of hydrogen-bond acceptors (Lipinski definition) is 3. The summed E-state index contributed by atoms with van der Waals surface area (Å²) in [6, 6.07) is 6.95. The molecular weight excluding hydrogens is 242 g/mol. The second kappa shape index (κ2) is 4.46. The number of anilines is 1. The molecule has 4 nitrogen and oxygen atoms in total. The topological polar surface area (TPSA) is 57.6 Å². The molecular formula is C15H17NO3. The van der Waals surface area contributed by atoms with Crippen LogP contribution in [-0.2, 0) is 16.2 Å². The summed E-state index contributed by atoms with van der Waals surface area (Å²) in [5.74, 6) is -0.129. The number of carbonyl (C=O) groups is 2. The first-order chi connectivity index (χ1) is 9.16. The van der Waals surface area contributed by atoms with Gasteiger partial charge in [0.1, 0.15) is 0 Å². The summed E-state index contributed by atoms with van der Waals surface area (Å²) >= 11 is 0. The molecule has 1 aliphatic carbocycles. The lowest BCUT2D eigenvalue weighted by Gasteiger charge is -2.21. The highest BCUT2D eigenvalue weighted by Gasteiger charge is 2.52. The van der Waals surface area contributed by atoms with Crippen LogP contribution in [-0.4, -0.2) is 16.9 Å². The summed E-state index contributed by atoms with van der Waals surface area (Å²) in [6.07, 6.45) is 4.10. The highest BCUT2D eigenvalue weighted by Crippen LogP contribution is 2.47. The van der Waals surface area contributed by atoms with E-state index < -0.39 is 5.41 Å². The minimum atomic E-state index is -0.424. The summed E-state index contributed by atoms with van der Waals surface area (Å²) in [5, 5.41) is 9.02. The van der Waals surface area contributed by atoms with E-state index in [0.717, 1.165) is 31.2 Å². The third-order valence-corrected chi connectivity index (χ3v) is 4.33. The number of nitrogens with zero attached hydrogens (tertiary/aromatic N) is 1. The zero-order chi connectivity index (χ0) is 13.5. The van der Waals surface area contributed by atoms with Crippen molar-refractivity contribution in [1.29, 1.82) is 0 Å². The van der Waals surface area contributed by atoms with Gasteiger partial charge < -0.3 is 5.11 Å². The van der Waals surface area contributed by atoms with Gasteiger partial charge in [-0.1, -0.05) is 25.0 Å². The number of benzene rings is 1. The quantitative estimate of drug-likeness (QED) is 0.826. The van der Waals surface area contributed by atoms with E-state index in [9.17, 15) is 9.59 Å². The number of rotatable bonds is 2. The summed E-state index contributed by atoms with van der Waals surface area (Å²) in [7, 11) is 0. The minimum Gasteiger partial charge on any atom is -0.392 e. The summed E-state index contributed by atoms with van der Waals surface area (Å²) in [4.78, 5) is 26.0. The number of imide groups is 1. The SMILES string of the molecule is O=C1CC2(CCCC2)C(=O)N1c1ccc(CO)cc1. The van der Waals surface area contributed by atoms with Crippen molar-refractivity contribution in [3.8, 4) is 0 Å². The van der Waals surface area contributed by atoms with Gasteiger partial charge in [0.25, 0.3) is 0 Å². The first-order valence-electron chi connectivity index (χ1n) is 6.73. The van der Waals surface area contributed by atoms with Gasteiger partial charge in [-0.2, -0.15) is 0 Å². The Kier molecular flexibility index (Phi) is 2.90. The summed E-state index contributed by atoms with van der Waals surface area (Å²) in [5.41, 5.74) is 0.974. The van der Waals surface area contributed by atoms with Crippen LogP contribution in [0.15, 0.2) is 24.3 Å². The fourth-order valence-electron chi connectivity index (χ4n) is 3.25. The molecule has 0 aromatic heterocycles. The van der Waals surface area contributed by atoms with Crippen molar-refractivity contribution in [3.63, 3.8) is 0 Å². The Balaban J connectivity index is 1.91. The molecule has 1 aliphatic heterocycles. The van der Waals surface area contributed by atoms with Gasteiger partial charge in [0.15, 0.2) is 0 Å². The monoisotopic (exact) mass is 259 g/mol. The number of aliphatic hydroxyl groups is 1. The minimum absolute atomic E-state index is 0.0354. The van der Waals surface area contributed by atoms with E-state index in [1.807, 2.05) is 0 Å². The number of amides is 2. The zero-order valence-corrected chi connectivity index (χ0v) is 10.8. The van der Waals surface area contributed by atoms with Crippen LogP contribution in [0.2, 0.25) is 0 Å². The van der Waals surface area contributed by atoms with Crippen LogP contribution < -0.4 is 4.90 Å². The third-order valence-electron chi connectivity index (χ3n) is 4.33. The molecule has 1 aromatic carbocycles. The number of hydrogen-bond donors (Lipinski definition) is 1. The summed E-state index contributed by atoms with van der Waals surface area (Å²) in [6.45, 7) is -0.0356. The van der Waals surface area contributed by atoms with Crippen molar-refractivity contribution in [3.05, 3.63) is 29.8 Å². The second-order valence-corrected chi connectivity index (χ2v) is 5.52. The van der Waals surface area contributed by atoms with Crippen molar-refractivity contribution < 1.29 is 14.7 Å². The third kappa shape index (κ3) is 1.87. The number of carbonyl (C=O) groups excluding carboxylic acids is 2. The lowest BCUT2D eigenvalue weighted by molar-refractivity contribution is -0.125. The predicted molar refractivity (Wildman–Crippen MR) is 70.4 cm³/mol. The number of aliphatic hydroxyl groups excluding tert-OH is 1. The van der Waals surface area contributed by atoms with Crippen LogP contribution in [0.4, 0.5) is 5.69 Å². The molecule has 0 bridgehead atoms. The highest BCUT2D eigenvalue weighted by molar-refractivity contribution is 6.22. The molecule has 1 spiro atoms. The van der Waals surface area contributed by atoms with E-state index >= 15 is 0 Å². The van der Waals surface area contributed by atoms with Crippen molar-refractivity contribution in [1.82, 2.24) is 0 Å². The Bertz CT molecular complexity index is 515. The van der Waals surface area contributed by atoms with Gasteiger partial charge in [0.2, 0.25) is 11.8 Å². The molecule has 3 rings (SSSR count). The van der Waals surface area contributed by atoms with E-state index in [2.05, 4.69) is 0 Å². The Hall–Kier alpha value is -1.68. The molecule has 2 aliphatic rings. The van der Waals surface area contributed by atoms with Crippen LogP contribution in [0, 0.1) is 5.41 Å². The van der Waals surface area contributed by atoms with Crippen LogP contribution >= 0.6 is 0 Å². The van der Waals surface area contributed by atoms with Crippen LogP contribution in [0.25, 0.3) is 0 Å². The average Bonchev–Trinajstić information content (AvgIpc) is 2.97. The molecule has 2 fully saturated rings. The predicted octanol–water partition coefficient (Wildman–Crippen LogP) is 2.00. The molecule has 2 amide bonds. The molecule has 4 heteroatoms. The van der Waals surface area contributed by atoms with E-state index in [1.165, 1.54) is 4.90 Å². The van der Waals surface area contributed by atoms with Gasteiger partial charge in [-0.3, -0.25) is 14.5 Å². The zero-order valence-electron chi connectivity index (χ0n) is 10.8. The Morgan fingerprint density at radius 3 is 2.32 bits per heavy atom. The van der Waals surface area contributed by atoms with E-state index in [-0.39, 0.29) is 18.4 Å². The van der Waals surface area contributed by atoms with Crippen LogP contribution in [0.1, 0.15) is 37.7 Å². The molecule has 19 heavy (non-hydrogen) atoms. The fourth-order valence-corrected chi connectivity index (χ4v) is 3.25.